The van der Waals surface area contributed by atoms with Gasteiger partial charge in [-0.3, -0.25) is 4.90 Å². The van der Waals surface area contributed by atoms with Crippen LogP contribution in [0.3, 0.4) is 0 Å². The van der Waals surface area contributed by atoms with Crippen LogP contribution in [-0.4, -0.2) is 36.6 Å². The van der Waals surface area contributed by atoms with Gasteiger partial charge in [-0.15, -0.1) is 0 Å². The van der Waals surface area contributed by atoms with Crippen LogP contribution in [0.4, 0.5) is 0 Å². The lowest BCUT2D eigenvalue weighted by molar-refractivity contribution is 0.0844. The fourth-order valence-corrected chi connectivity index (χ4v) is 3.18. The van der Waals surface area contributed by atoms with Gasteiger partial charge in [0.05, 0.1) is 0 Å². The van der Waals surface area contributed by atoms with Crippen molar-refractivity contribution < 1.29 is 0 Å². The average molecular weight is 254 g/mol. The quantitative estimate of drug-likeness (QED) is 0.711. The van der Waals surface area contributed by atoms with Crippen LogP contribution in [-0.2, 0) is 0 Å². The van der Waals surface area contributed by atoms with Gasteiger partial charge in [0.2, 0.25) is 0 Å². The molecule has 1 N–H and O–H groups in total. The lowest BCUT2D eigenvalue weighted by Gasteiger charge is -2.41. The molecule has 0 aromatic heterocycles. The van der Waals surface area contributed by atoms with Gasteiger partial charge < -0.3 is 5.32 Å². The van der Waals surface area contributed by atoms with Gasteiger partial charge in [0.1, 0.15) is 0 Å². The summed E-state index contributed by atoms with van der Waals surface area (Å²) in [6, 6.07) is 1.61. The summed E-state index contributed by atoms with van der Waals surface area (Å²) in [6.07, 6.45) is 8.27. The minimum atomic E-state index is 0.751. The molecule has 0 saturated carbocycles. The molecule has 0 radical (unpaired) electrons. The lowest BCUT2D eigenvalue weighted by atomic mass is 9.95. The molecular weight excluding hydrogens is 220 g/mol. The first kappa shape index (κ1) is 16.0. The van der Waals surface area contributed by atoms with E-state index in [1.807, 2.05) is 0 Å². The molecule has 1 heterocycles. The first-order valence-corrected chi connectivity index (χ1v) is 8.15. The van der Waals surface area contributed by atoms with E-state index < -0.39 is 0 Å². The van der Waals surface area contributed by atoms with Gasteiger partial charge in [-0.05, 0) is 44.7 Å². The highest BCUT2D eigenvalue weighted by molar-refractivity contribution is 4.83. The molecule has 1 rings (SSSR count). The molecule has 0 aromatic carbocycles. The van der Waals surface area contributed by atoms with E-state index in [1.165, 1.54) is 51.6 Å². The zero-order valence-corrected chi connectivity index (χ0v) is 13.0. The zero-order chi connectivity index (χ0) is 13.4. The Hall–Kier alpha value is -0.0800. The van der Waals surface area contributed by atoms with Crippen molar-refractivity contribution in [1.29, 1.82) is 0 Å². The Kier molecular flexibility index (Phi) is 7.92. The second kappa shape index (κ2) is 8.92. The van der Waals surface area contributed by atoms with Crippen molar-refractivity contribution in [3.63, 3.8) is 0 Å². The van der Waals surface area contributed by atoms with Crippen LogP contribution >= 0.6 is 0 Å². The monoisotopic (exact) mass is 254 g/mol. The molecule has 1 fully saturated rings. The van der Waals surface area contributed by atoms with Gasteiger partial charge in [0, 0.05) is 18.6 Å². The molecule has 0 aliphatic carbocycles. The van der Waals surface area contributed by atoms with Crippen LogP contribution in [0.5, 0.6) is 0 Å². The maximum Gasteiger partial charge on any atom is 0.0220 e. The molecule has 1 aliphatic rings. The summed E-state index contributed by atoms with van der Waals surface area (Å²) in [6.45, 7) is 12.9. The summed E-state index contributed by atoms with van der Waals surface area (Å²) in [5.74, 6) is 0.760. The molecule has 2 heteroatoms. The molecule has 0 bridgehead atoms. The number of piperidine rings is 1. The molecular formula is C16H34N2. The van der Waals surface area contributed by atoms with Crippen molar-refractivity contribution in [2.24, 2.45) is 5.92 Å². The summed E-state index contributed by atoms with van der Waals surface area (Å²) in [5.41, 5.74) is 0. The first-order valence-electron chi connectivity index (χ1n) is 8.15. The fourth-order valence-electron chi connectivity index (χ4n) is 3.18. The molecule has 108 valence electrons. The number of rotatable bonds is 8. The Bertz CT molecular complexity index is 201. The Labute approximate surface area is 115 Å². The lowest BCUT2D eigenvalue weighted by Crippen LogP contribution is -2.50. The van der Waals surface area contributed by atoms with Crippen molar-refractivity contribution in [1.82, 2.24) is 10.2 Å². The molecule has 2 atom stereocenters. The largest absolute Gasteiger partial charge is 0.315 e. The Morgan fingerprint density at radius 2 is 1.94 bits per heavy atom. The van der Waals surface area contributed by atoms with Gasteiger partial charge >= 0.3 is 0 Å². The summed E-state index contributed by atoms with van der Waals surface area (Å²) in [5, 5.41) is 3.65. The Morgan fingerprint density at radius 3 is 2.56 bits per heavy atom. The normalized spacial score (nSPS) is 23.5. The van der Waals surface area contributed by atoms with Crippen LogP contribution < -0.4 is 5.32 Å². The Morgan fingerprint density at radius 1 is 1.17 bits per heavy atom. The highest BCUT2D eigenvalue weighted by atomic mass is 15.2. The molecule has 2 nitrogen and oxygen atoms in total. The van der Waals surface area contributed by atoms with E-state index in [-0.39, 0.29) is 0 Å². The minimum Gasteiger partial charge on any atom is -0.315 e. The van der Waals surface area contributed by atoms with Gasteiger partial charge in [0.25, 0.3) is 0 Å². The summed E-state index contributed by atoms with van der Waals surface area (Å²) < 4.78 is 0. The number of likely N-dealkylation sites (tertiary alicyclic amines) is 1. The molecule has 1 aliphatic heterocycles. The summed E-state index contributed by atoms with van der Waals surface area (Å²) in [4.78, 5) is 2.81. The van der Waals surface area contributed by atoms with Crippen molar-refractivity contribution in [3.8, 4) is 0 Å². The molecule has 18 heavy (non-hydrogen) atoms. The maximum absolute atomic E-state index is 3.65. The third kappa shape index (κ3) is 5.27. The van der Waals surface area contributed by atoms with E-state index >= 15 is 0 Å². The van der Waals surface area contributed by atoms with E-state index in [2.05, 4.69) is 37.9 Å². The molecule has 0 aromatic rings. The number of hydrogen-bond acceptors (Lipinski definition) is 2. The summed E-state index contributed by atoms with van der Waals surface area (Å²) >= 11 is 0. The van der Waals surface area contributed by atoms with E-state index in [9.17, 15) is 0 Å². The van der Waals surface area contributed by atoms with E-state index in [0.29, 0.717) is 0 Å². The highest BCUT2D eigenvalue weighted by Gasteiger charge is 2.26. The predicted molar refractivity (Wildman–Crippen MR) is 81.0 cm³/mol. The second-order valence-corrected chi connectivity index (χ2v) is 6.29. The van der Waals surface area contributed by atoms with E-state index in [1.54, 1.807) is 0 Å². The summed E-state index contributed by atoms with van der Waals surface area (Å²) in [7, 11) is 0. The average Bonchev–Trinajstić information content (AvgIpc) is 2.36. The number of hydrogen-bond donors (Lipinski definition) is 1. The third-order valence-corrected chi connectivity index (χ3v) is 4.17. The van der Waals surface area contributed by atoms with Crippen molar-refractivity contribution >= 4 is 0 Å². The number of nitrogens with one attached hydrogen (secondary N) is 1. The highest BCUT2D eigenvalue weighted by Crippen LogP contribution is 2.24. The SMILES string of the molecule is CCCC1CCCCN1C(CC)CNCC(C)C. The van der Waals surface area contributed by atoms with Gasteiger partial charge in [0.15, 0.2) is 0 Å². The van der Waals surface area contributed by atoms with Gasteiger partial charge in [-0.1, -0.05) is 40.5 Å². The fraction of sp³-hybridized carbons (Fsp3) is 1.00. The topological polar surface area (TPSA) is 15.3 Å². The zero-order valence-electron chi connectivity index (χ0n) is 13.0. The van der Waals surface area contributed by atoms with Crippen molar-refractivity contribution in [2.45, 2.75) is 78.3 Å². The van der Waals surface area contributed by atoms with Crippen LogP contribution in [0, 0.1) is 5.92 Å². The number of nitrogens with zero attached hydrogens (tertiary/aromatic N) is 1. The smallest absolute Gasteiger partial charge is 0.0220 e. The predicted octanol–water partition coefficient (Wildman–Crippen LogP) is 3.67. The second-order valence-electron chi connectivity index (χ2n) is 6.29. The van der Waals surface area contributed by atoms with E-state index in [4.69, 9.17) is 0 Å². The first-order chi connectivity index (χ1) is 8.69. The van der Waals surface area contributed by atoms with Crippen molar-refractivity contribution in [3.05, 3.63) is 0 Å². The van der Waals surface area contributed by atoms with Crippen LogP contribution in [0.25, 0.3) is 0 Å². The molecule has 0 amide bonds. The molecule has 1 saturated heterocycles. The van der Waals surface area contributed by atoms with Gasteiger partial charge in [-0.2, -0.15) is 0 Å². The standard InChI is InChI=1S/C16H34N2/c1-5-9-16-10-7-8-11-18(16)15(6-2)13-17-12-14(3)4/h14-17H,5-13H2,1-4H3. The van der Waals surface area contributed by atoms with Crippen LogP contribution in [0.15, 0.2) is 0 Å². The molecule has 0 spiro atoms. The van der Waals surface area contributed by atoms with E-state index in [0.717, 1.165) is 24.5 Å². The van der Waals surface area contributed by atoms with Crippen LogP contribution in [0.1, 0.15) is 66.2 Å². The maximum atomic E-state index is 3.65. The van der Waals surface area contributed by atoms with Gasteiger partial charge in [-0.25, -0.2) is 0 Å². The third-order valence-electron chi connectivity index (χ3n) is 4.17. The Balaban J connectivity index is 2.44. The molecule has 2 unspecified atom stereocenters. The van der Waals surface area contributed by atoms with Crippen LogP contribution in [0.2, 0.25) is 0 Å². The minimum absolute atomic E-state index is 0.751. The van der Waals surface area contributed by atoms with Crippen molar-refractivity contribution in [2.75, 3.05) is 19.6 Å².